The molecule has 15 heavy (non-hydrogen) atoms. The minimum absolute atomic E-state index is 0.0915. The van der Waals surface area contributed by atoms with E-state index in [9.17, 15) is 0 Å². The van der Waals surface area contributed by atoms with Crippen LogP contribution in [0.4, 0.5) is 0 Å². The molecule has 2 rings (SSSR count). The highest BCUT2D eigenvalue weighted by atomic mass is 79.9. The summed E-state index contributed by atoms with van der Waals surface area (Å²) in [5.41, 5.74) is 8.37. The molecule has 5 heteroatoms. The summed E-state index contributed by atoms with van der Waals surface area (Å²) in [5, 5.41) is 4.88. The number of thiophene rings is 1. The van der Waals surface area contributed by atoms with Gasteiger partial charge < -0.3 is 0 Å². The summed E-state index contributed by atoms with van der Waals surface area (Å²) in [7, 11) is 0. The maximum absolute atomic E-state index is 8.37. The van der Waals surface area contributed by atoms with Crippen molar-refractivity contribution in [1.29, 1.82) is 0 Å². The van der Waals surface area contributed by atoms with Crippen LogP contribution >= 0.6 is 27.3 Å². The van der Waals surface area contributed by atoms with Crippen molar-refractivity contribution < 1.29 is 0 Å². The van der Waals surface area contributed by atoms with Crippen molar-refractivity contribution in [2.45, 2.75) is 13.0 Å². The van der Waals surface area contributed by atoms with Gasteiger partial charge in [-0.3, -0.25) is 0 Å². The van der Waals surface area contributed by atoms with E-state index in [0.717, 1.165) is 9.35 Å². The maximum atomic E-state index is 8.37. The minimum atomic E-state index is -0.0915. The van der Waals surface area contributed by atoms with Crippen LogP contribution in [0, 0.1) is 0 Å². The number of halogens is 1. The molecule has 1 heterocycles. The first kappa shape index (κ1) is 10.5. The number of nitrogens with zero attached hydrogens (tertiary/aromatic N) is 3. The van der Waals surface area contributed by atoms with Crippen molar-refractivity contribution in [2.75, 3.05) is 0 Å². The van der Waals surface area contributed by atoms with E-state index in [1.807, 2.05) is 13.0 Å². The van der Waals surface area contributed by atoms with Gasteiger partial charge in [0.2, 0.25) is 0 Å². The van der Waals surface area contributed by atoms with E-state index >= 15 is 0 Å². The third-order valence-corrected chi connectivity index (χ3v) is 3.91. The van der Waals surface area contributed by atoms with Crippen LogP contribution in [0.3, 0.4) is 0 Å². The zero-order chi connectivity index (χ0) is 10.8. The lowest BCUT2D eigenvalue weighted by Crippen LogP contribution is -1.80. The molecule has 1 unspecified atom stereocenters. The summed E-state index contributed by atoms with van der Waals surface area (Å²) in [6.45, 7) is 1.90. The zero-order valence-corrected chi connectivity index (χ0v) is 10.4. The minimum Gasteiger partial charge on any atom is -0.140 e. The number of fused-ring (bicyclic) bond motifs is 1. The Morgan fingerprint density at radius 2 is 2.27 bits per heavy atom. The lowest BCUT2D eigenvalue weighted by molar-refractivity contribution is 0.827. The average Bonchev–Trinajstić information content (AvgIpc) is 2.60. The van der Waals surface area contributed by atoms with Crippen LogP contribution in [0.1, 0.15) is 17.8 Å². The highest BCUT2D eigenvalue weighted by Gasteiger charge is 2.07. The van der Waals surface area contributed by atoms with Crippen molar-refractivity contribution in [3.8, 4) is 0 Å². The monoisotopic (exact) mass is 281 g/mol. The molecule has 0 aliphatic carbocycles. The molecule has 3 nitrogen and oxygen atoms in total. The van der Waals surface area contributed by atoms with Crippen molar-refractivity contribution in [3.63, 3.8) is 0 Å². The molecule has 0 radical (unpaired) electrons. The smallest absolute Gasteiger partial charge is 0.0691 e. The van der Waals surface area contributed by atoms with Crippen LogP contribution in [0.25, 0.3) is 20.5 Å². The number of rotatable bonds is 2. The number of hydrogen-bond acceptors (Lipinski definition) is 2. The zero-order valence-electron chi connectivity index (χ0n) is 8.01. The van der Waals surface area contributed by atoms with Gasteiger partial charge in [0.05, 0.1) is 6.04 Å². The summed E-state index contributed by atoms with van der Waals surface area (Å²) in [5.74, 6) is 0. The first-order chi connectivity index (χ1) is 7.20. The van der Waals surface area contributed by atoms with Crippen molar-refractivity contribution in [3.05, 3.63) is 44.1 Å². The molecule has 0 fully saturated rings. The van der Waals surface area contributed by atoms with E-state index < -0.39 is 0 Å². The highest BCUT2D eigenvalue weighted by Crippen LogP contribution is 2.32. The molecule has 1 atom stereocenters. The molecule has 1 aromatic carbocycles. The second-order valence-corrected chi connectivity index (χ2v) is 5.24. The van der Waals surface area contributed by atoms with Crippen molar-refractivity contribution in [2.24, 2.45) is 5.11 Å². The molecule has 2 aromatic rings. The van der Waals surface area contributed by atoms with E-state index in [0.29, 0.717) is 0 Å². The first-order valence-corrected chi connectivity index (χ1v) is 6.05. The quantitative estimate of drug-likeness (QED) is 0.421. The fourth-order valence-electron chi connectivity index (χ4n) is 1.37. The van der Waals surface area contributed by atoms with Crippen molar-refractivity contribution in [1.82, 2.24) is 0 Å². The van der Waals surface area contributed by atoms with Crippen LogP contribution in [0.5, 0.6) is 0 Å². The second kappa shape index (κ2) is 4.23. The molecule has 0 amide bonds. The predicted octanol–water partition coefficient (Wildman–Crippen LogP) is 5.04. The van der Waals surface area contributed by atoms with Gasteiger partial charge in [-0.1, -0.05) is 28.0 Å². The molecule has 0 aliphatic rings. The average molecular weight is 282 g/mol. The summed E-state index contributed by atoms with van der Waals surface area (Å²) in [4.78, 5) is 3.92. The Bertz CT molecular complexity index is 543. The van der Waals surface area contributed by atoms with E-state index in [-0.39, 0.29) is 6.04 Å². The van der Waals surface area contributed by atoms with Crippen molar-refractivity contribution >= 4 is 37.4 Å². The van der Waals surface area contributed by atoms with E-state index in [1.165, 1.54) is 10.1 Å². The molecular formula is C10H8BrN3S. The van der Waals surface area contributed by atoms with E-state index in [4.69, 9.17) is 5.53 Å². The predicted molar refractivity (Wildman–Crippen MR) is 67.1 cm³/mol. The topological polar surface area (TPSA) is 48.8 Å². The Labute approximate surface area is 99.5 Å². The lowest BCUT2D eigenvalue weighted by Gasteiger charge is -1.96. The summed E-state index contributed by atoms with van der Waals surface area (Å²) in [6.07, 6.45) is 0. The van der Waals surface area contributed by atoms with E-state index in [1.54, 1.807) is 11.3 Å². The Kier molecular flexibility index (Phi) is 2.95. The van der Waals surface area contributed by atoms with E-state index in [2.05, 4.69) is 44.2 Å². The molecule has 0 saturated heterocycles. The number of azide groups is 1. The Morgan fingerprint density at radius 3 is 3.00 bits per heavy atom. The van der Waals surface area contributed by atoms with Gasteiger partial charge in [-0.05, 0) is 35.2 Å². The molecule has 0 aliphatic heterocycles. The molecule has 1 aromatic heterocycles. The maximum Gasteiger partial charge on any atom is 0.0691 e. The van der Waals surface area contributed by atoms with Crippen LogP contribution in [-0.2, 0) is 0 Å². The summed E-state index contributed by atoms with van der Waals surface area (Å²) >= 11 is 5.10. The van der Waals surface area contributed by atoms with Gasteiger partial charge in [0.1, 0.15) is 0 Å². The lowest BCUT2D eigenvalue weighted by atomic mass is 10.2. The molecule has 0 saturated carbocycles. The van der Waals surface area contributed by atoms with Gasteiger partial charge in [0, 0.05) is 19.0 Å². The fraction of sp³-hybridized carbons (Fsp3) is 0.200. The largest absolute Gasteiger partial charge is 0.140 e. The van der Waals surface area contributed by atoms with Crippen LogP contribution in [0.2, 0.25) is 0 Å². The normalized spacial score (nSPS) is 12.4. The van der Waals surface area contributed by atoms with Gasteiger partial charge in [0.25, 0.3) is 0 Å². The van der Waals surface area contributed by atoms with Gasteiger partial charge in [-0.15, -0.1) is 11.3 Å². The summed E-state index contributed by atoms with van der Waals surface area (Å²) < 4.78 is 2.28. The first-order valence-electron chi connectivity index (χ1n) is 4.44. The molecular weight excluding hydrogens is 274 g/mol. The third kappa shape index (κ3) is 2.15. The standard InChI is InChI=1S/C10H8BrN3S/c1-6(13-14-12)10-5-7-4-8(11)2-3-9(7)15-10/h2-6H,1H3. The van der Waals surface area contributed by atoms with Crippen LogP contribution in [0.15, 0.2) is 33.9 Å². The fourth-order valence-corrected chi connectivity index (χ4v) is 2.78. The number of benzene rings is 1. The van der Waals surface area contributed by atoms with Crippen LogP contribution < -0.4 is 0 Å². The Balaban J connectivity index is 2.51. The highest BCUT2D eigenvalue weighted by molar-refractivity contribution is 9.10. The SMILES string of the molecule is CC(N=[N+]=[N-])c1cc2cc(Br)ccc2s1. The number of hydrogen-bond donors (Lipinski definition) is 0. The van der Waals surface area contributed by atoms with Gasteiger partial charge in [-0.2, -0.15) is 0 Å². The van der Waals surface area contributed by atoms with Gasteiger partial charge >= 0.3 is 0 Å². The molecule has 0 spiro atoms. The molecule has 0 bridgehead atoms. The van der Waals surface area contributed by atoms with Gasteiger partial charge in [-0.25, -0.2) is 0 Å². The Hall–Kier alpha value is -1.03. The Morgan fingerprint density at radius 1 is 1.47 bits per heavy atom. The molecule has 76 valence electrons. The summed E-state index contributed by atoms with van der Waals surface area (Å²) in [6, 6.07) is 8.13. The van der Waals surface area contributed by atoms with Crippen LogP contribution in [-0.4, -0.2) is 0 Å². The second-order valence-electron chi connectivity index (χ2n) is 3.21. The van der Waals surface area contributed by atoms with Gasteiger partial charge in [0.15, 0.2) is 0 Å². The molecule has 0 N–H and O–H groups in total. The third-order valence-electron chi connectivity index (χ3n) is 2.13.